The molecule has 2 N–H and O–H groups in total. The standard InChI is InChI=1S/C14H22N4O/c1-9-4-5-11(8-10(9)2)16-13-7-6-12(17-18-13)14(19)15-3/h6-7,9-11H,4-5,8H2,1-3H3,(H,15,19)(H,16,18). The van der Waals surface area contributed by atoms with Crippen molar-refractivity contribution in [3.05, 3.63) is 17.8 Å². The number of hydrogen-bond acceptors (Lipinski definition) is 4. The highest BCUT2D eigenvalue weighted by Gasteiger charge is 2.24. The van der Waals surface area contributed by atoms with Crippen LogP contribution in [0.4, 0.5) is 5.82 Å². The summed E-state index contributed by atoms with van der Waals surface area (Å²) in [6.07, 6.45) is 3.59. The number of carbonyl (C=O) groups excluding carboxylic acids is 1. The normalized spacial score (nSPS) is 26.8. The Kier molecular flexibility index (Phi) is 4.35. The molecule has 3 unspecified atom stereocenters. The van der Waals surface area contributed by atoms with Crippen molar-refractivity contribution in [3.63, 3.8) is 0 Å². The first kappa shape index (κ1) is 13.8. The number of nitrogens with one attached hydrogen (secondary N) is 2. The van der Waals surface area contributed by atoms with Crippen LogP contribution in [0.5, 0.6) is 0 Å². The van der Waals surface area contributed by atoms with Crippen LogP contribution in [0, 0.1) is 11.8 Å². The molecule has 19 heavy (non-hydrogen) atoms. The second-order valence-corrected chi connectivity index (χ2v) is 5.49. The van der Waals surface area contributed by atoms with Gasteiger partial charge in [-0.05, 0) is 43.2 Å². The summed E-state index contributed by atoms with van der Waals surface area (Å²) in [5.74, 6) is 2.09. The molecule has 5 nitrogen and oxygen atoms in total. The summed E-state index contributed by atoms with van der Waals surface area (Å²) in [7, 11) is 1.58. The monoisotopic (exact) mass is 262 g/mol. The molecular formula is C14H22N4O. The number of carbonyl (C=O) groups is 1. The molecule has 0 aliphatic heterocycles. The van der Waals surface area contributed by atoms with E-state index in [-0.39, 0.29) is 5.91 Å². The van der Waals surface area contributed by atoms with Gasteiger partial charge >= 0.3 is 0 Å². The van der Waals surface area contributed by atoms with E-state index in [1.165, 1.54) is 19.3 Å². The van der Waals surface area contributed by atoms with Crippen molar-refractivity contribution >= 4 is 11.7 Å². The summed E-state index contributed by atoms with van der Waals surface area (Å²) >= 11 is 0. The van der Waals surface area contributed by atoms with E-state index in [1.54, 1.807) is 13.1 Å². The van der Waals surface area contributed by atoms with Gasteiger partial charge in [-0.2, -0.15) is 0 Å². The largest absolute Gasteiger partial charge is 0.366 e. The first-order valence-electron chi connectivity index (χ1n) is 6.92. The van der Waals surface area contributed by atoms with Gasteiger partial charge in [0.2, 0.25) is 0 Å². The molecule has 2 rings (SSSR count). The van der Waals surface area contributed by atoms with Crippen LogP contribution in [0.3, 0.4) is 0 Å². The van der Waals surface area contributed by atoms with Crippen LogP contribution in [0.2, 0.25) is 0 Å². The van der Waals surface area contributed by atoms with Crippen LogP contribution in [0.1, 0.15) is 43.6 Å². The molecular weight excluding hydrogens is 240 g/mol. The molecule has 1 saturated carbocycles. The maximum atomic E-state index is 11.4. The number of anilines is 1. The van der Waals surface area contributed by atoms with Crippen LogP contribution in [0.15, 0.2) is 12.1 Å². The van der Waals surface area contributed by atoms with Crippen molar-refractivity contribution in [2.45, 2.75) is 39.2 Å². The lowest BCUT2D eigenvalue weighted by atomic mass is 9.79. The lowest BCUT2D eigenvalue weighted by molar-refractivity contribution is 0.0957. The Morgan fingerprint density at radius 1 is 1.21 bits per heavy atom. The molecule has 0 bridgehead atoms. The van der Waals surface area contributed by atoms with Gasteiger partial charge in [0.1, 0.15) is 5.82 Å². The van der Waals surface area contributed by atoms with E-state index in [4.69, 9.17) is 0 Å². The van der Waals surface area contributed by atoms with Gasteiger partial charge in [0.15, 0.2) is 5.69 Å². The molecule has 0 spiro atoms. The highest BCUT2D eigenvalue weighted by molar-refractivity contribution is 5.91. The average Bonchev–Trinajstić information content (AvgIpc) is 2.43. The fraction of sp³-hybridized carbons (Fsp3) is 0.643. The number of rotatable bonds is 3. The Morgan fingerprint density at radius 3 is 2.58 bits per heavy atom. The molecule has 0 aromatic carbocycles. The van der Waals surface area contributed by atoms with Gasteiger partial charge in [-0.15, -0.1) is 10.2 Å². The molecule has 1 aromatic rings. The summed E-state index contributed by atoms with van der Waals surface area (Å²) in [5.41, 5.74) is 0.346. The molecule has 1 aromatic heterocycles. The number of nitrogens with zero attached hydrogens (tertiary/aromatic N) is 2. The fourth-order valence-electron chi connectivity index (χ4n) is 2.55. The molecule has 1 heterocycles. The molecule has 3 atom stereocenters. The first-order valence-corrected chi connectivity index (χ1v) is 6.92. The fourth-order valence-corrected chi connectivity index (χ4v) is 2.55. The Bertz CT molecular complexity index is 432. The molecule has 1 fully saturated rings. The third kappa shape index (κ3) is 3.43. The van der Waals surface area contributed by atoms with Crippen molar-refractivity contribution < 1.29 is 4.79 Å². The second-order valence-electron chi connectivity index (χ2n) is 5.49. The van der Waals surface area contributed by atoms with Gasteiger partial charge < -0.3 is 10.6 Å². The van der Waals surface area contributed by atoms with E-state index in [0.29, 0.717) is 11.7 Å². The summed E-state index contributed by atoms with van der Waals surface area (Å²) < 4.78 is 0. The minimum atomic E-state index is -0.209. The maximum absolute atomic E-state index is 11.4. The maximum Gasteiger partial charge on any atom is 0.271 e. The van der Waals surface area contributed by atoms with Crippen molar-refractivity contribution in [1.82, 2.24) is 15.5 Å². The van der Waals surface area contributed by atoms with Gasteiger partial charge in [0, 0.05) is 13.1 Å². The number of aromatic nitrogens is 2. The third-order valence-electron chi connectivity index (χ3n) is 4.07. The van der Waals surface area contributed by atoms with Crippen LogP contribution >= 0.6 is 0 Å². The quantitative estimate of drug-likeness (QED) is 0.875. The minimum Gasteiger partial charge on any atom is -0.366 e. The summed E-state index contributed by atoms with van der Waals surface area (Å²) in [6.45, 7) is 4.62. The topological polar surface area (TPSA) is 66.9 Å². The van der Waals surface area contributed by atoms with Crippen LogP contribution in [0.25, 0.3) is 0 Å². The molecule has 1 aliphatic carbocycles. The van der Waals surface area contributed by atoms with E-state index in [0.717, 1.165) is 17.7 Å². The predicted octanol–water partition coefficient (Wildman–Crippen LogP) is 2.07. The van der Waals surface area contributed by atoms with Crippen LogP contribution in [-0.4, -0.2) is 29.2 Å². The smallest absolute Gasteiger partial charge is 0.271 e. The Morgan fingerprint density at radius 2 is 2.00 bits per heavy atom. The molecule has 5 heteroatoms. The van der Waals surface area contributed by atoms with Gasteiger partial charge in [-0.25, -0.2) is 0 Å². The Hall–Kier alpha value is -1.65. The lowest BCUT2D eigenvalue weighted by Crippen LogP contribution is -2.30. The van der Waals surface area contributed by atoms with E-state index in [2.05, 4.69) is 34.7 Å². The van der Waals surface area contributed by atoms with E-state index < -0.39 is 0 Å². The van der Waals surface area contributed by atoms with Crippen molar-refractivity contribution in [2.24, 2.45) is 11.8 Å². The zero-order valence-electron chi connectivity index (χ0n) is 11.8. The molecule has 0 saturated heterocycles. The van der Waals surface area contributed by atoms with Gasteiger partial charge in [0.25, 0.3) is 5.91 Å². The van der Waals surface area contributed by atoms with E-state index >= 15 is 0 Å². The van der Waals surface area contributed by atoms with Crippen molar-refractivity contribution in [2.75, 3.05) is 12.4 Å². The zero-order valence-corrected chi connectivity index (χ0v) is 11.8. The summed E-state index contributed by atoms with van der Waals surface area (Å²) in [4.78, 5) is 11.4. The van der Waals surface area contributed by atoms with E-state index in [9.17, 15) is 4.79 Å². The Balaban J connectivity index is 1.94. The molecule has 1 amide bonds. The van der Waals surface area contributed by atoms with Crippen molar-refractivity contribution in [3.8, 4) is 0 Å². The van der Waals surface area contributed by atoms with Gasteiger partial charge in [-0.3, -0.25) is 4.79 Å². The minimum absolute atomic E-state index is 0.209. The van der Waals surface area contributed by atoms with Crippen molar-refractivity contribution in [1.29, 1.82) is 0 Å². The lowest BCUT2D eigenvalue weighted by Gasteiger charge is -2.32. The predicted molar refractivity (Wildman–Crippen MR) is 75.0 cm³/mol. The second kappa shape index (κ2) is 5.99. The number of hydrogen-bond donors (Lipinski definition) is 2. The number of amides is 1. The van der Waals surface area contributed by atoms with Crippen LogP contribution in [-0.2, 0) is 0 Å². The third-order valence-corrected chi connectivity index (χ3v) is 4.07. The SMILES string of the molecule is CNC(=O)c1ccc(NC2CCC(C)C(C)C2)nn1. The van der Waals surface area contributed by atoms with Crippen LogP contribution < -0.4 is 10.6 Å². The highest BCUT2D eigenvalue weighted by Crippen LogP contribution is 2.30. The average molecular weight is 262 g/mol. The van der Waals surface area contributed by atoms with Gasteiger partial charge in [0.05, 0.1) is 0 Å². The zero-order chi connectivity index (χ0) is 13.8. The Labute approximate surface area is 114 Å². The summed E-state index contributed by atoms with van der Waals surface area (Å²) in [5, 5.41) is 13.9. The molecule has 1 aliphatic rings. The first-order chi connectivity index (χ1) is 9.10. The van der Waals surface area contributed by atoms with Gasteiger partial charge in [-0.1, -0.05) is 13.8 Å². The molecule has 104 valence electrons. The molecule has 0 radical (unpaired) electrons. The van der Waals surface area contributed by atoms with E-state index in [1.807, 2.05) is 6.07 Å². The summed E-state index contributed by atoms with van der Waals surface area (Å²) in [6, 6.07) is 3.98. The highest BCUT2D eigenvalue weighted by atomic mass is 16.1.